The van der Waals surface area contributed by atoms with Gasteiger partial charge in [-0.1, -0.05) is 11.6 Å². The molecule has 5 heteroatoms. The largest absolute Gasteiger partial charge is 0.399 e. The number of amides is 1. The maximum atomic E-state index is 12.3. The first kappa shape index (κ1) is 14.8. The molecule has 1 amide bonds. The molecule has 0 saturated heterocycles. The molecule has 0 spiro atoms. The molecular weight excluding hydrogens is 252 g/mol. The van der Waals surface area contributed by atoms with Crippen molar-refractivity contribution in [2.75, 3.05) is 18.9 Å². The Kier molecular flexibility index (Phi) is 5.44. The Hall–Kier alpha value is -1.26. The van der Waals surface area contributed by atoms with Crippen LogP contribution in [-0.4, -0.2) is 35.1 Å². The number of carbonyl (C=O) groups excluding carboxylic acids is 1. The molecule has 0 radical (unpaired) electrons. The van der Waals surface area contributed by atoms with Gasteiger partial charge >= 0.3 is 0 Å². The topological polar surface area (TPSA) is 66.6 Å². The predicted molar refractivity (Wildman–Crippen MR) is 73.7 cm³/mol. The number of benzene rings is 1. The summed E-state index contributed by atoms with van der Waals surface area (Å²) in [6.45, 7) is 4.43. The summed E-state index contributed by atoms with van der Waals surface area (Å²) in [5.41, 5.74) is 6.57. The smallest absolute Gasteiger partial charge is 0.255 e. The van der Waals surface area contributed by atoms with Crippen LogP contribution in [0.3, 0.4) is 0 Å². The normalized spacial score (nSPS) is 10.7. The number of nitrogens with two attached hydrogens (primary N) is 1. The summed E-state index contributed by atoms with van der Waals surface area (Å²) in [5, 5.41) is 9.22. The Morgan fingerprint density at radius 3 is 2.67 bits per heavy atom. The third-order valence-corrected chi connectivity index (χ3v) is 2.98. The summed E-state index contributed by atoms with van der Waals surface area (Å²) in [6, 6.07) is 4.91. The highest BCUT2D eigenvalue weighted by atomic mass is 35.5. The third-order valence-electron chi connectivity index (χ3n) is 2.66. The minimum absolute atomic E-state index is 0.0534. The molecule has 0 aliphatic carbocycles. The Bertz CT molecular complexity index is 421. The van der Waals surface area contributed by atoms with Crippen LogP contribution in [0.2, 0.25) is 5.02 Å². The van der Waals surface area contributed by atoms with E-state index in [4.69, 9.17) is 22.4 Å². The number of aliphatic hydroxyl groups is 1. The fourth-order valence-electron chi connectivity index (χ4n) is 1.69. The fraction of sp³-hybridized carbons (Fsp3) is 0.462. The average Bonchev–Trinajstić information content (AvgIpc) is 2.28. The van der Waals surface area contributed by atoms with Crippen molar-refractivity contribution in [3.8, 4) is 0 Å². The molecule has 4 nitrogen and oxygen atoms in total. The molecule has 0 unspecified atom stereocenters. The second-order valence-corrected chi connectivity index (χ2v) is 4.82. The van der Waals surface area contributed by atoms with Crippen LogP contribution in [0.15, 0.2) is 18.2 Å². The summed E-state index contributed by atoms with van der Waals surface area (Å²) < 4.78 is 0. The lowest BCUT2D eigenvalue weighted by Crippen LogP contribution is -2.38. The number of rotatable bonds is 5. The minimum atomic E-state index is -0.136. The molecular formula is C13H19ClN2O2. The lowest BCUT2D eigenvalue weighted by molar-refractivity contribution is 0.0693. The van der Waals surface area contributed by atoms with E-state index in [0.29, 0.717) is 29.2 Å². The first-order chi connectivity index (χ1) is 8.47. The number of hydrogen-bond acceptors (Lipinski definition) is 3. The molecule has 0 heterocycles. The fourth-order valence-corrected chi connectivity index (χ4v) is 1.96. The molecule has 0 bridgehead atoms. The van der Waals surface area contributed by atoms with E-state index in [0.717, 1.165) is 0 Å². The summed E-state index contributed by atoms with van der Waals surface area (Å²) in [4.78, 5) is 14.0. The number of anilines is 1. The van der Waals surface area contributed by atoms with Gasteiger partial charge in [0.05, 0.1) is 10.6 Å². The van der Waals surface area contributed by atoms with Gasteiger partial charge in [0.15, 0.2) is 0 Å². The van der Waals surface area contributed by atoms with Crippen molar-refractivity contribution in [2.24, 2.45) is 0 Å². The maximum absolute atomic E-state index is 12.3. The Labute approximate surface area is 112 Å². The Morgan fingerprint density at radius 2 is 2.17 bits per heavy atom. The molecule has 3 N–H and O–H groups in total. The van der Waals surface area contributed by atoms with Crippen molar-refractivity contribution in [1.29, 1.82) is 0 Å². The lowest BCUT2D eigenvalue weighted by Gasteiger charge is -2.27. The predicted octanol–water partition coefficient (Wildman–Crippen LogP) is 2.16. The molecule has 0 saturated carbocycles. The number of hydrogen-bond donors (Lipinski definition) is 2. The van der Waals surface area contributed by atoms with E-state index >= 15 is 0 Å². The highest BCUT2D eigenvalue weighted by molar-refractivity contribution is 6.34. The van der Waals surface area contributed by atoms with E-state index < -0.39 is 0 Å². The van der Waals surface area contributed by atoms with Gasteiger partial charge in [0, 0.05) is 24.9 Å². The van der Waals surface area contributed by atoms with Gasteiger partial charge in [-0.15, -0.1) is 0 Å². The molecule has 100 valence electrons. The van der Waals surface area contributed by atoms with Crippen LogP contribution in [0.25, 0.3) is 0 Å². The molecule has 1 aromatic carbocycles. The SMILES string of the molecule is CC(C)N(CCCO)C(=O)c1ccc(N)cc1Cl. The average molecular weight is 271 g/mol. The van der Waals surface area contributed by atoms with Crippen molar-refractivity contribution in [2.45, 2.75) is 26.3 Å². The number of nitrogen functional groups attached to an aromatic ring is 1. The van der Waals surface area contributed by atoms with Crippen LogP contribution in [0.1, 0.15) is 30.6 Å². The first-order valence-corrected chi connectivity index (χ1v) is 6.32. The van der Waals surface area contributed by atoms with E-state index in [2.05, 4.69) is 0 Å². The highest BCUT2D eigenvalue weighted by Crippen LogP contribution is 2.21. The van der Waals surface area contributed by atoms with E-state index in [-0.39, 0.29) is 18.6 Å². The molecule has 0 fully saturated rings. The molecule has 18 heavy (non-hydrogen) atoms. The number of carbonyl (C=O) groups is 1. The Balaban J connectivity index is 2.94. The lowest BCUT2D eigenvalue weighted by atomic mass is 10.1. The zero-order valence-electron chi connectivity index (χ0n) is 10.7. The van der Waals surface area contributed by atoms with E-state index in [1.54, 1.807) is 23.1 Å². The summed E-state index contributed by atoms with van der Waals surface area (Å²) in [5.74, 6) is -0.136. The van der Waals surface area contributed by atoms with Crippen LogP contribution in [-0.2, 0) is 0 Å². The second kappa shape index (κ2) is 6.61. The number of halogens is 1. The van der Waals surface area contributed by atoms with Crippen molar-refractivity contribution in [3.05, 3.63) is 28.8 Å². The highest BCUT2D eigenvalue weighted by Gasteiger charge is 2.20. The monoisotopic (exact) mass is 270 g/mol. The summed E-state index contributed by atoms with van der Waals surface area (Å²) >= 11 is 6.03. The van der Waals surface area contributed by atoms with Crippen molar-refractivity contribution >= 4 is 23.2 Å². The van der Waals surface area contributed by atoms with Crippen LogP contribution in [0.5, 0.6) is 0 Å². The van der Waals surface area contributed by atoms with Crippen LogP contribution < -0.4 is 5.73 Å². The first-order valence-electron chi connectivity index (χ1n) is 5.94. The molecule has 0 aromatic heterocycles. The van der Waals surface area contributed by atoms with Gasteiger partial charge in [-0.25, -0.2) is 0 Å². The third kappa shape index (κ3) is 3.62. The van der Waals surface area contributed by atoms with Gasteiger partial charge in [-0.05, 0) is 38.5 Å². The van der Waals surface area contributed by atoms with E-state index in [1.807, 2.05) is 13.8 Å². The van der Waals surface area contributed by atoms with Crippen molar-refractivity contribution in [3.63, 3.8) is 0 Å². The van der Waals surface area contributed by atoms with E-state index in [9.17, 15) is 4.79 Å². The second-order valence-electron chi connectivity index (χ2n) is 4.41. The number of aliphatic hydroxyl groups excluding tert-OH is 1. The van der Waals surface area contributed by atoms with Gasteiger partial charge in [0.1, 0.15) is 0 Å². The van der Waals surface area contributed by atoms with E-state index in [1.165, 1.54) is 0 Å². The zero-order valence-corrected chi connectivity index (χ0v) is 11.4. The quantitative estimate of drug-likeness (QED) is 0.806. The molecule has 0 aliphatic rings. The summed E-state index contributed by atoms with van der Waals surface area (Å²) in [7, 11) is 0. The van der Waals surface area contributed by atoms with Crippen molar-refractivity contribution in [1.82, 2.24) is 4.90 Å². The Morgan fingerprint density at radius 1 is 1.50 bits per heavy atom. The zero-order chi connectivity index (χ0) is 13.7. The van der Waals surface area contributed by atoms with Gasteiger partial charge in [0.25, 0.3) is 5.91 Å². The molecule has 1 aromatic rings. The van der Waals surface area contributed by atoms with Crippen molar-refractivity contribution < 1.29 is 9.90 Å². The van der Waals surface area contributed by atoms with Crippen LogP contribution >= 0.6 is 11.6 Å². The van der Waals surface area contributed by atoms with Gasteiger partial charge in [-0.2, -0.15) is 0 Å². The van der Waals surface area contributed by atoms with Crippen LogP contribution in [0, 0.1) is 0 Å². The van der Waals surface area contributed by atoms with Gasteiger partial charge in [0.2, 0.25) is 0 Å². The van der Waals surface area contributed by atoms with Gasteiger partial charge in [-0.3, -0.25) is 4.79 Å². The standard InChI is InChI=1S/C13H19ClN2O2/c1-9(2)16(6-3-7-17)13(18)11-5-4-10(15)8-12(11)14/h4-5,8-9,17H,3,6-7,15H2,1-2H3. The number of nitrogens with zero attached hydrogens (tertiary/aromatic N) is 1. The van der Waals surface area contributed by atoms with Crippen LogP contribution in [0.4, 0.5) is 5.69 Å². The molecule has 0 aliphatic heterocycles. The summed E-state index contributed by atoms with van der Waals surface area (Å²) in [6.07, 6.45) is 0.552. The molecule has 0 atom stereocenters. The van der Waals surface area contributed by atoms with Gasteiger partial charge < -0.3 is 15.7 Å². The molecule has 1 rings (SSSR count). The maximum Gasteiger partial charge on any atom is 0.255 e. The minimum Gasteiger partial charge on any atom is -0.399 e.